The van der Waals surface area contributed by atoms with E-state index in [0.717, 1.165) is 30.0 Å². The van der Waals surface area contributed by atoms with Crippen LogP contribution >= 0.6 is 0 Å². The van der Waals surface area contributed by atoms with Crippen LogP contribution in [0.25, 0.3) is 0 Å². The van der Waals surface area contributed by atoms with Gasteiger partial charge in [0.25, 0.3) is 0 Å². The van der Waals surface area contributed by atoms with Crippen molar-refractivity contribution < 1.29 is 9.84 Å². The number of hydrogen-bond acceptors (Lipinski definition) is 4. The molecule has 0 unspecified atom stereocenters. The van der Waals surface area contributed by atoms with Gasteiger partial charge >= 0.3 is 0 Å². The van der Waals surface area contributed by atoms with Gasteiger partial charge in [-0.2, -0.15) is 5.26 Å². The normalized spacial score (nSPS) is 17.9. The largest absolute Gasteiger partial charge is 0.497 e. The Hall–Kier alpha value is -1.57. The van der Waals surface area contributed by atoms with Crippen molar-refractivity contribution in [2.24, 2.45) is 0 Å². The number of methoxy groups -OCH3 is 1. The lowest BCUT2D eigenvalue weighted by molar-refractivity contribution is 0.0740. The van der Waals surface area contributed by atoms with Crippen LogP contribution in [0.3, 0.4) is 0 Å². The minimum atomic E-state index is -0.299. The second-order valence-corrected chi connectivity index (χ2v) is 4.83. The summed E-state index contributed by atoms with van der Waals surface area (Å²) in [4.78, 5) is 2.19. The molecule has 0 amide bonds. The Kier molecular flexibility index (Phi) is 3.85. The van der Waals surface area contributed by atoms with E-state index in [2.05, 4.69) is 11.0 Å². The zero-order valence-corrected chi connectivity index (χ0v) is 10.8. The second-order valence-electron chi connectivity index (χ2n) is 4.83. The fourth-order valence-electron chi connectivity index (χ4n) is 2.40. The van der Waals surface area contributed by atoms with Crippen LogP contribution in [-0.2, 0) is 0 Å². The molecule has 4 heteroatoms. The molecule has 0 aliphatic carbocycles. The molecule has 1 aromatic rings. The number of likely N-dealkylation sites (tertiary alicyclic amines) is 1. The van der Waals surface area contributed by atoms with Crippen LogP contribution in [0.5, 0.6) is 5.75 Å². The molecule has 0 bridgehead atoms. The van der Waals surface area contributed by atoms with Crippen molar-refractivity contribution in [3.63, 3.8) is 0 Å². The molecule has 0 saturated carbocycles. The summed E-state index contributed by atoms with van der Waals surface area (Å²) in [6, 6.07) is 7.80. The van der Waals surface area contributed by atoms with Gasteiger partial charge in [-0.05, 0) is 30.7 Å². The summed E-state index contributed by atoms with van der Waals surface area (Å²) in [6.07, 6.45) is -0.299. The molecule has 2 rings (SSSR count). The summed E-state index contributed by atoms with van der Waals surface area (Å²) in [5, 5.41) is 18.4. The van der Waals surface area contributed by atoms with Crippen LogP contribution in [0, 0.1) is 11.3 Å². The van der Waals surface area contributed by atoms with E-state index in [-0.39, 0.29) is 6.10 Å². The molecule has 0 spiro atoms. The standard InChI is InChI=1S/C14H18N2O2/c1-10(17)7-16-8-12(9-16)14-5-13(18-2)4-3-11(14)6-15/h3-5,10,12,17H,7-9H2,1-2H3/t10-/m0/s1. The Bertz CT molecular complexity index is 459. The number of benzene rings is 1. The highest BCUT2D eigenvalue weighted by Gasteiger charge is 2.30. The smallest absolute Gasteiger partial charge is 0.119 e. The third-order valence-corrected chi connectivity index (χ3v) is 3.30. The molecule has 1 fully saturated rings. The van der Waals surface area contributed by atoms with Gasteiger partial charge in [0, 0.05) is 25.6 Å². The first-order chi connectivity index (χ1) is 8.63. The van der Waals surface area contributed by atoms with Gasteiger partial charge in [-0.3, -0.25) is 4.90 Å². The predicted octanol–water partition coefficient (Wildman–Crippen LogP) is 1.35. The van der Waals surface area contributed by atoms with Gasteiger partial charge in [0.1, 0.15) is 5.75 Å². The van der Waals surface area contributed by atoms with E-state index < -0.39 is 0 Å². The molecule has 1 heterocycles. The predicted molar refractivity (Wildman–Crippen MR) is 68.6 cm³/mol. The molecule has 4 nitrogen and oxygen atoms in total. The highest BCUT2D eigenvalue weighted by Crippen LogP contribution is 2.31. The van der Waals surface area contributed by atoms with Crippen LogP contribution in [0.4, 0.5) is 0 Å². The van der Waals surface area contributed by atoms with E-state index in [1.807, 2.05) is 18.2 Å². The van der Waals surface area contributed by atoms with E-state index in [0.29, 0.717) is 12.5 Å². The molecule has 0 radical (unpaired) electrons. The van der Waals surface area contributed by atoms with E-state index in [1.165, 1.54) is 0 Å². The first kappa shape index (κ1) is 12.9. The summed E-state index contributed by atoms with van der Waals surface area (Å²) < 4.78 is 5.20. The zero-order valence-electron chi connectivity index (χ0n) is 10.8. The molecular weight excluding hydrogens is 228 g/mol. The molecule has 1 atom stereocenters. The van der Waals surface area contributed by atoms with Crippen molar-refractivity contribution in [1.29, 1.82) is 5.26 Å². The Morgan fingerprint density at radius 3 is 2.83 bits per heavy atom. The van der Waals surface area contributed by atoms with E-state index in [4.69, 9.17) is 10.00 Å². The minimum Gasteiger partial charge on any atom is -0.497 e. The van der Waals surface area contributed by atoms with Crippen LogP contribution in [0.2, 0.25) is 0 Å². The molecule has 0 aromatic heterocycles. The minimum absolute atomic E-state index is 0.299. The van der Waals surface area contributed by atoms with Crippen molar-refractivity contribution in [3.8, 4) is 11.8 Å². The summed E-state index contributed by atoms with van der Waals surface area (Å²) in [5.41, 5.74) is 1.77. The van der Waals surface area contributed by atoms with E-state index in [9.17, 15) is 5.11 Å². The maximum Gasteiger partial charge on any atom is 0.119 e. The molecule has 1 aliphatic heterocycles. The Morgan fingerprint density at radius 1 is 1.56 bits per heavy atom. The summed E-state index contributed by atoms with van der Waals surface area (Å²) >= 11 is 0. The van der Waals surface area contributed by atoms with Crippen LogP contribution in [0.1, 0.15) is 24.0 Å². The third kappa shape index (κ3) is 2.63. The Balaban J connectivity index is 2.08. The number of nitriles is 1. The zero-order chi connectivity index (χ0) is 13.1. The molecular formula is C14H18N2O2. The number of rotatable bonds is 4. The van der Waals surface area contributed by atoms with Gasteiger partial charge < -0.3 is 9.84 Å². The molecule has 1 saturated heterocycles. The number of hydrogen-bond donors (Lipinski definition) is 1. The maximum atomic E-state index is 9.31. The van der Waals surface area contributed by atoms with Crippen LogP contribution in [-0.4, -0.2) is 42.9 Å². The van der Waals surface area contributed by atoms with Crippen molar-refractivity contribution in [2.75, 3.05) is 26.7 Å². The summed E-state index contributed by atoms with van der Waals surface area (Å²) in [7, 11) is 1.63. The van der Waals surface area contributed by atoms with Gasteiger partial charge in [-0.15, -0.1) is 0 Å². The number of nitrogens with zero attached hydrogens (tertiary/aromatic N) is 2. The first-order valence-corrected chi connectivity index (χ1v) is 6.12. The number of ether oxygens (including phenoxy) is 1. The monoisotopic (exact) mass is 246 g/mol. The third-order valence-electron chi connectivity index (χ3n) is 3.30. The van der Waals surface area contributed by atoms with Crippen molar-refractivity contribution in [3.05, 3.63) is 29.3 Å². The SMILES string of the molecule is COc1ccc(C#N)c(C2CN(C[C@H](C)O)C2)c1. The fraction of sp³-hybridized carbons (Fsp3) is 0.500. The number of aliphatic hydroxyl groups is 1. The lowest BCUT2D eigenvalue weighted by atomic mass is 9.88. The maximum absolute atomic E-state index is 9.31. The van der Waals surface area contributed by atoms with Gasteiger partial charge in [-0.25, -0.2) is 0 Å². The molecule has 96 valence electrons. The quantitative estimate of drug-likeness (QED) is 0.871. The van der Waals surface area contributed by atoms with Gasteiger partial charge in [0.05, 0.1) is 24.8 Å². The van der Waals surface area contributed by atoms with Crippen LogP contribution in [0.15, 0.2) is 18.2 Å². The van der Waals surface area contributed by atoms with E-state index >= 15 is 0 Å². The average molecular weight is 246 g/mol. The molecule has 1 N–H and O–H groups in total. The molecule has 1 aromatic carbocycles. The lowest BCUT2D eigenvalue weighted by Crippen LogP contribution is -2.47. The van der Waals surface area contributed by atoms with Gasteiger partial charge in [0.2, 0.25) is 0 Å². The van der Waals surface area contributed by atoms with Crippen molar-refractivity contribution >= 4 is 0 Å². The molecule has 1 aliphatic rings. The van der Waals surface area contributed by atoms with Gasteiger partial charge in [0.15, 0.2) is 0 Å². The van der Waals surface area contributed by atoms with Crippen LogP contribution < -0.4 is 4.74 Å². The Morgan fingerprint density at radius 2 is 2.28 bits per heavy atom. The van der Waals surface area contributed by atoms with E-state index in [1.54, 1.807) is 14.0 Å². The van der Waals surface area contributed by atoms with Crippen molar-refractivity contribution in [2.45, 2.75) is 18.9 Å². The number of β-amino-alcohol motifs (C(OH)–C–C–N with tert-alkyl or cyclic N) is 1. The summed E-state index contributed by atoms with van der Waals surface area (Å²) in [5.74, 6) is 1.16. The summed E-state index contributed by atoms with van der Waals surface area (Å²) in [6.45, 7) is 4.28. The lowest BCUT2D eigenvalue weighted by Gasteiger charge is -2.40. The average Bonchev–Trinajstić information content (AvgIpc) is 2.32. The van der Waals surface area contributed by atoms with Gasteiger partial charge in [-0.1, -0.05) is 0 Å². The topological polar surface area (TPSA) is 56.5 Å². The molecule has 18 heavy (non-hydrogen) atoms. The first-order valence-electron chi connectivity index (χ1n) is 6.12. The van der Waals surface area contributed by atoms with Crippen molar-refractivity contribution in [1.82, 2.24) is 4.90 Å². The fourth-order valence-corrected chi connectivity index (χ4v) is 2.40. The second kappa shape index (κ2) is 5.38. The number of aliphatic hydroxyl groups excluding tert-OH is 1. The highest BCUT2D eigenvalue weighted by atomic mass is 16.5. The highest BCUT2D eigenvalue weighted by molar-refractivity contribution is 5.45. The Labute approximate surface area is 107 Å².